The van der Waals surface area contributed by atoms with E-state index in [0.717, 1.165) is 6.92 Å². The van der Waals surface area contributed by atoms with E-state index in [4.69, 9.17) is 13.7 Å². The number of rotatable bonds is 1. The lowest BCUT2D eigenvalue weighted by Gasteiger charge is -2.25. The van der Waals surface area contributed by atoms with Crippen molar-refractivity contribution in [2.45, 2.75) is 44.5 Å². The maximum Gasteiger partial charge on any atom is 0.217 e. The second-order valence-electron chi connectivity index (χ2n) is 1.90. The minimum atomic E-state index is -3.82. The summed E-state index contributed by atoms with van der Waals surface area (Å²) in [7, 11) is 0. The van der Waals surface area contributed by atoms with Crippen molar-refractivity contribution in [1.29, 1.82) is 0 Å². The summed E-state index contributed by atoms with van der Waals surface area (Å²) < 4.78 is 76.1. The van der Waals surface area contributed by atoms with Crippen LogP contribution in [-0.4, -0.2) is 23.1 Å². The van der Waals surface area contributed by atoms with Crippen LogP contribution < -0.4 is 5.32 Å². The second kappa shape index (κ2) is 3.72. The zero-order chi connectivity index (χ0) is 17.3. The highest BCUT2D eigenvalue weighted by molar-refractivity contribution is 5.73. The van der Waals surface area contributed by atoms with Gasteiger partial charge < -0.3 is 10.4 Å². The van der Waals surface area contributed by atoms with Gasteiger partial charge in [-0.05, 0) is 25.5 Å². The van der Waals surface area contributed by atoms with Crippen molar-refractivity contribution >= 4 is 5.91 Å². The summed E-state index contributed by atoms with van der Waals surface area (Å²) in [5.74, 6) is -1.08. The van der Waals surface area contributed by atoms with Gasteiger partial charge in [-0.15, -0.1) is 0 Å². The number of nitrogens with one attached hydrogen (secondary N) is 1. The molecule has 0 atom stereocenters. The third-order valence-corrected chi connectivity index (χ3v) is 0.913. The Hall–Kier alpha value is -0.570. The molecule has 0 radical (unpaired) electrons. The van der Waals surface area contributed by atoms with E-state index >= 15 is 0 Å². The molecule has 2 N–H and O–H groups in total. The van der Waals surface area contributed by atoms with Gasteiger partial charge >= 0.3 is 0 Å². The van der Waals surface area contributed by atoms with Gasteiger partial charge in [0.1, 0.15) is 0 Å². The Bertz CT molecular complexity index is 444. The number of aliphatic hydroxyl groups is 1. The highest BCUT2D eigenvalue weighted by Gasteiger charge is 2.19. The van der Waals surface area contributed by atoms with Crippen LogP contribution >= 0.6 is 0 Å². The molecule has 1 amide bonds. The number of hydrogen-bond acceptors (Lipinski definition) is 2. The lowest BCUT2D eigenvalue weighted by atomic mass is 9.93. The summed E-state index contributed by atoms with van der Waals surface area (Å²) >= 11 is 0. The van der Waals surface area contributed by atoms with E-state index in [-0.39, 0.29) is 0 Å². The Morgan fingerprint density at radius 3 is 2.64 bits per heavy atom. The molecule has 64 valence electrons. The topological polar surface area (TPSA) is 49.3 Å². The third-order valence-electron chi connectivity index (χ3n) is 0.913. The van der Waals surface area contributed by atoms with Crippen LogP contribution in [0.2, 0.25) is 0 Å². The van der Waals surface area contributed by atoms with Crippen LogP contribution in [0.3, 0.4) is 0 Å². The Morgan fingerprint density at radius 2 is 2.18 bits per heavy atom. The van der Waals surface area contributed by atoms with Crippen LogP contribution in [0.15, 0.2) is 0 Å². The van der Waals surface area contributed by atoms with Crippen LogP contribution in [0.25, 0.3) is 0 Å². The fourth-order valence-electron chi connectivity index (χ4n) is 0.544. The van der Waals surface area contributed by atoms with Crippen molar-refractivity contribution in [3.8, 4) is 0 Å². The van der Waals surface area contributed by atoms with Crippen LogP contribution in [-0.2, 0) is 4.79 Å². The first kappa shape index (κ1) is 2.22. The van der Waals surface area contributed by atoms with Crippen LogP contribution in [0.5, 0.6) is 0 Å². The SMILES string of the molecule is [2H]C1([2H])C([2H])([2H])C([2H])(NC(C)=O)C([2H])([2H])C([2H])([2H])C1([2H])O. The number of carbonyl (C=O) groups is 1. The molecule has 0 saturated heterocycles. The zero-order valence-corrected chi connectivity index (χ0v) is 5.86. The highest BCUT2D eigenvalue weighted by Crippen LogP contribution is 2.17. The molecule has 3 heteroatoms. The van der Waals surface area contributed by atoms with E-state index in [0.29, 0.717) is 0 Å². The second-order valence-corrected chi connectivity index (χ2v) is 1.90. The summed E-state index contributed by atoms with van der Waals surface area (Å²) in [5, 5.41) is 11.4. The maximum absolute atomic E-state index is 11.2. The predicted molar refractivity (Wildman–Crippen MR) is 42.1 cm³/mol. The van der Waals surface area contributed by atoms with E-state index in [1.165, 1.54) is 0 Å². The summed E-state index contributed by atoms with van der Waals surface area (Å²) in [6, 6.07) is -3.40. The maximum atomic E-state index is 11.2. The molecule has 1 rings (SSSR count). The molecule has 1 saturated carbocycles. The molecule has 3 nitrogen and oxygen atoms in total. The molecule has 11 heavy (non-hydrogen) atoms. The molecule has 0 aliphatic heterocycles. The smallest absolute Gasteiger partial charge is 0.217 e. The van der Waals surface area contributed by atoms with E-state index in [9.17, 15) is 9.90 Å². The molecule has 1 aliphatic carbocycles. The van der Waals surface area contributed by atoms with Gasteiger partial charge in [0.05, 0.1) is 8.82 Å². The van der Waals surface area contributed by atoms with Gasteiger partial charge in [0.25, 0.3) is 0 Å². The van der Waals surface area contributed by atoms with Gasteiger partial charge in [-0.3, -0.25) is 4.79 Å². The first-order chi connectivity index (χ1) is 8.92. The fourth-order valence-corrected chi connectivity index (χ4v) is 0.544. The Balaban J connectivity index is 3.78. The van der Waals surface area contributed by atoms with Crippen LogP contribution in [0.4, 0.5) is 0 Å². The normalized spacial score (nSPS) is 76.5. The van der Waals surface area contributed by atoms with Crippen molar-refractivity contribution in [3.05, 3.63) is 0 Å². The van der Waals surface area contributed by atoms with Crippen molar-refractivity contribution in [3.63, 3.8) is 0 Å². The average Bonchev–Trinajstić information content (AvgIpc) is 2.25. The summed E-state index contributed by atoms with van der Waals surface area (Å²) in [6.45, 7) is 0.828. The molecule has 0 spiro atoms. The van der Waals surface area contributed by atoms with Gasteiger partial charge in [0, 0.05) is 23.9 Å². The lowest BCUT2D eigenvalue weighted by molar-refractivity contribution is -0.120. The molecular weight excluding hydrogens is 142 g/mol. The Labute approximate surface area is 80.8 Å². The Morgan fingerprint density at radius 1 is 1.64 bits per heavy atom. The van der Waals surface area contributed by atoms with Gasteiger partial charge in [-0.2, -0.15) is 0 Å². The monoisotopic (exact) mass is 167 g/mol. The van der Waals surface area contributed by atoms with Gasteiger partial charge in [-0.25, -0.2) is 0 Å². The van der Waals surface area contributed by atoms with E-state index < -0.39 is 43.5 Å². The summed E-state index contributed by atoms with van der Waals surface area (Å²) in [4.78, 5) is 11.2. The van der Waals surface area contributed by atoms with Crippen LogP contribution in [0.1, 0.15) is 46.1 Å². The molecule has 0 aromatic rings. The molecule has 0 aromatic carbocycles. The van der Waals surface area contributed by atoms with Crippen molar-refractivity contribution in [2.24, 2.45) is 0 Å². The minimum absolute atomic E-state index is 0.828. The largest absolute Gasteiger partial charge is 0.393 e. The van der Waals surface area contributed by atoms with Gasteiger partial charge in [-0.1, -0.05) is 0 Å². The Kier molecular flexibility index (Phi) is 0.751. The fraction of sp³-hybridized carbons (Fsp3) is 0.875. The third kappa shape index (κ3) is 2.89. The van der Waals surface area contributed by atoms with E-state index in [1.54, 1.807) is 5.32 Å². The van der Waals surface area contributed by atoms with E-state index in [2.05, 4.69) is 0 Å². The van der Waals surface area contributed by atoms with Crippen LogP contribution in [0, 0.1) is 0 Å². The number of hydrogen-bond donors (Lipinski definition) is 2. The first-order valence-electron chi connectivity index (χ1n) is 7.93. The quantitative estimate of drug-likeness (QED) is 0.595. The van der Waals surface area contributed by atoms with E-state index in [1.807, 2.05) is 0 Å². The molecule has 1 aliphatic rings. The number of amides is 1. The average molecular weight is 167 g/mol. The lowest BCUT2D eigenvalue weighted by Crippen LogP contribution is -2.37. The predicted octanol–water partition coefficient (Wildman–Crippen LogP) is 0.426. The first-order valence-corrected chi connectivity index (χ1v) is 2.93. The summed E-state index contributed by atoms with van der Waals surface area (Å²) in [5.41, 5.74) is 0. The standard InChI is InChI=1S/C8H15NO2/c1-6(10)9-7-2-4-8(11)5-3-7/h7-8,11H,2-5H2,1H3,(H,9,10)/i2D2,3D2,4D2,5D2,7D,8D. The number of carbonyl (C=O) groups excluding carboxylic acids is 1. The van der Waals surface area contributed by atoms with Crippen molar-refractivity contribution in [2.75, 3.05) is 0 Å². The minimum Gasteiger partial charge on any atom is -0.393 e. The zero-order valence-electron chi connectivity index (χ0n) is 15.9. The molecular formula is C8H15NO2. The highest BCUT2D eigenvalue weighted by atomic mass is 16.3. The molecule has 0 heterocycles. The molecule has 0 aromatic heterocycles. The van der Waals surface area contributed by atoms with Gasteiger partial charge in [0.15, 0.2) is 0 Å². The van der Waals surface area contributed by atoms with Crippen molar-refractivity contribution < 1.29 is 23.6 Å². The molecule has 0 unspecified atom stereocenters. The molecule has 1 fully saturated rings. The molecule has 0 bridgehead atoms. The summed E-state index contributed by atoms with van der Waals surface area (Å²) in [6.07, 6.45) is -18.4. The van der Waals surface area contributed by atoms with Crippen molar-refractivity contribution in [1.82, 2.24) is 5.32 Å². The van der Waals surface area contributed by atoms with Gasteiger partial charge in [0.2, 0.25) is 5.91 Å².